The van der Waals surface area contributed by atoms with Crippen LogP contribution in [-0.4, -0.2) is 23.9 Å². The molecular formula is C17H29NO2. The molecule has 0 heterocycles. The van der Waals surface area contributed by atoms with Crippen molar-refractivity contribution in [3.63, 3.8) is 0 Å². The standard InChI is InChI=1S/C17H29NO2/c1-5-17(19,13-18)11-6-12-20-15-9-7-14(8-10-15)16(2,3)4/h7-10,19H,5-6,11-13,18H2,1-4H3. The van der Waals surface area contributed by atoms with Crippen molar-refractivity contribution in [3.8, 4) is 5.75 Å². The lowest BCUT2D eigenvalue weighted by atomic mass is 9.87. The van der Waals surface area contributed by atoms with Gasteiger partial charge >= 0.3 is 0 Å². The fraction of sp³-hybridized carbons (Fsp3) is 0.647. The summed E-state index contributed by atoms with van der Waals surface area (Å²) < 4.78 is 5.71. The Labute approximate surface area is 123 Å². The number of nitrogens with two attached hydrogens (primary N) is 1. The molecule has 1 aromatic rings. The fourth-order valence-electron chi connectivity index (χ4n) is 2.07. The molecule has 1 rings (SSSR count). The minimum absolute atomic E-state index is 0.164. The van der Waals surface area contributed by atoms with Crippen molar-refractivity contribution in [1.82, 2.24) is 0 Å². The van der Waals surface area contributed by atoms with E-state index in [1.807, 2.05) is 19.1 Å². The van der Waals surface area contributed by atoms with Gasteiger partial charge in [0.25, 0.3) is 0 Å². The highest BCUT2D eigenvalue weighted by Gasteiger charge is 2.21. The molecule has 3 nitrogen and oxygen atoms in total. The highest BCUT2D eigenvalue weighted by Crippen LogP contribution is 2.24. The highest BCUT2D eigenvalue weighted by molar-refractivity contribution is 5.31. The molecule has 3 heteroatoms. The second kappa shape index (κ2) is 7.09. The summed E-state index contributed by atoms with van der Waals surface area (Å²) in [5, 5.41) is 10.1. The van der Waals surface area contributed by atoms with Crippen LogP contribution in [0.5, 0.6) is 5.75 Å². The number of hydrogen-bond acceptors (Lipinski definition) is 3. The summed E-state index contributed by atoms with van der Waals surface area (Å²) in [6.45, 7) is 9.46. The molecule has 3 N–H and O–H groups in total. The summed E-state index contributed by atoms with van der Waals surface area (Å²) in [5.74, 6) is 0.880. The third-order valence-electron chi connectivity index (χ3n) is 3.81. The van der Waals surface area contributed by atoms with Crippen LogP contribution in [-0.2, 0) is 5.41 Å². The second-order valence-corrected chi connectivity index (χ2v) is 6.51. The minimum Gasteiger partial charge on any atom is -0.494 e. The van der Waals surface area contributed by atoms with Gasteiger partial charge in [-0.15, -0.1) is 0 Å². The van der Waals surface area contributed by atoms with Gasteiger partial charge in [-0.1, -0.05) is 39.8 Å². The summed E-state index contributed by atoms with van der Waals surface area (Å²) in [5.41, 5.74) is 6.30. The van der Waals surface area contributed by atoms with Crippen LogP contribution in [0.4, 0.5) is 0 Å². The Balaban J connectivity index is 2.40. The molecular weight excluding hydrogens is 250 g/mol. The van der Waals surface area contributed by atoms with Crippen LogP contribution >= 0.6 is 0 Å². The molecule has 0 spiro atoms. The van der Waals surface area contributed by atoms with Crippen molar-refractivity contribution in [2.24, 2.45) is 5.73 Å². The Morgan fingerprint density at radius 3 is 2.20 bits per heavy atom. The van der Waals surface area contributed by atoms with E-state index in [2.05, 4.69) is 32.9 Å². The van der Waals surface area contributed by atoms with Crippen molar-refractivity contribution in [3.05, 3.63) is 29.8 Å². The average Bonchev–Trinajstić information content (AvgIpc) is 2.43. The van der Waals surface area contributed by atoms with E-state index in [1.54, 1.807) is 0 Å². The quantitative estimate of drug-likeness (QED) is 0.753. The van der Waals surface area contributed by atoms with E-state index in [0.717, 1.165) is 12.2 Å². The Kier molecular flexibility index (Phi) is 6.03. The lowest BCUT2D eigenvalue weighted by molar-refractivity contribution is 0.0309. The van der Waals surface area contributed by atoms with Crippen LogP contribution in [0.2, 0.25) is 0 Å². The molecule has 0 radical (unpaired) electrons. The zero-order valence-corrected chi connectivity index (χ0v) is 13.3. The molecule has 0 bridgehead atoms. The van der Waals surface area contributed by atoms with Crippen molar-refractivity contribution in [2.75, 3.05) is 13.2 Å². The van der Waals surface area contributed by atoms with E-state index in [9.17, 15) is 5.11 Å². The number of aliphatic hydroxyl groups is 1. The number of benzene rings is 1. The van der Waals surface area contributed by atoms with Gasteiger partial charge in [-0.05, 0) is 42.4 Å². The SMILES string of the molecule is CCC(O)(CN)CCCOc1ccc(C(C)(C)C)cc1. The third-order valence-corrected chi connectivity index (χ3v) is 3.81. The number of rotatable bonds is 7. The van der Waals surface area contributed by atoms with Crippen LogP contribution in [0.3, 0.4) is 0 Å². The van der Waals surface area contributed by atoms with Gasteiger partial charge in [0.05, 0.1) is 12.2 Å². The molecule has 0 aromatic heterocycles. The van der Waals surface area contributed by atoms with Gasteiger partial charge in [0.15, 0.2) is 0 Å². The van der Waals surface area contributed by atoms with E-state index in [4.69, 9.17) is 10.5 Å². The smallest absolute Gasteiger partial charge is 0.119 e. The first-order chi connectivity index (χ1) is 9.30. The largest absolute Gasteiger partial charge is 0.494 e. The highest BCUT2D eigenvalue weighted by atomic mass is 16.5. The molecule has 1 aromatic carbocycles. The van der Waals surface area contributed by atoms with E-state index in [0.29, 0.717) is 26.0 Å². The zero-order valence-electron chi connectivity index (χ0n) is 13.3. The first-order valence-corrected chi connectivity index (χ1v) is 7.46. The fourth-order valence-corrected chi connectivity index (χ4v) is 2.07. The molecule has 0 saturated carbocycles. The number of hydrogen-bond donors (Lipinski definition) is 2. The Bertz CT molecular complexity index is 388. The summed E-state index contributed by atoms with van der Waals surface area (Å²) in [6.07, 6.45) is 2.17. The molecule has 20 heavy (non-hydrogen) atoms. The van der Waals surface area contributed by atoms with E-state index < -0.39 is 5.60 Å². The molecule has 114 valence electrons. The van der Waals surface area contributed by atoms with Gasteiger partial charge in [0.2, 0.25) is 0 Å². The number of ether oxygens (including phenoxy) is 1. The monoisotopic (exact) mass is 279 g/mol. The lowest BCUT2D eigenvalue weighted by Gasteiger charge is -2.24. The summed E-state index contributed by atoms with van der Waals surface area (Å²) in [7, 11) is 0. The van der Waals surface area contributed by atoms with Gasteiger partial charge in [0, 0.05) is 6.54 Å². The predicted molar refractivity (Wildman–Crippen MR) is 84.2 cm³/mol. The predicted octanol–water partition coefficient (Wildman–Crippen LogP) is 3.24. The van der Waals surface area contributed by atoms with Crippen molar-refractivity contribution in [1.29, 1.82) is 0 Å². The Morgan fingerprint density at radius 2 is 1.75 bits per heavy atom. The average molecular weight is 279 g/mol. The van der Waals surface area contributed by atoms with E-state index in [1.165, 1.54) is 5.56 Å². The second-order valence-electron chi connectivity index (χ2n) is 6.51. The van der Waals surface area contributed by atoms with Crippen LogP contribution in [0, 0.1) is 0 Å². The van der Waals surface area contributed by atoms with Gasteiger partial charge in [-0.3, -0.25) is 0 Å². The summed E-state index contributed by atoms with van der Waals surface area (Å²) >= 11 is 0. The van der Waals surface area contributed by atoms with Crippen molar-refractivity contribution in [2.45, 2.75) is 58.0 Å². The van der Waals surface area contributed by atoms with Crippen molar-refractivity contribution >= 4 is 0 Å². The molecule has 1 atom stereocenters. The van der Waals surface area contributed by atoms with Gasteiger partial charge in [0.1, 0.15) is 5.75 Å². The molecule has 1 unspecified atom stereocenters. The normalized spacial score (nSPS) is 14.9. The Hall–Kier alpha value is -1.06. The first-order valence-electron chi connectivity index (χ1n) is 7.46. The lowest BCUT2D eigenvalue weighted by Crippen LogP contribution is -2.37. The molecule has 0 aliphatic rings. The van der Waals surface area contributed by atoms with Crippen LogP contribution in [0.15, 0.2) is 24.3 Å². The molecule has 0 aliphatic heterocycles. The van der Waals surface area contributed by atoms with Crippen LogP contribution in [0.25, 0.3) is 0 Å². The maximum Gasteiger partial charge on any atom is 0.119 e. The minimum atomic E-state index is -0.737. The maximum absolute atomic E-state index is 10.1. The van der Waals surface area contributed by atoms with Crippen LogP contribution < -0.4 is 10.5 Å². The van der Waals surface area contributed by atoms with E-state index >= 15 is 0 Å². The molecule has 0 aliphatic carbocycles. The van der Waals surface area contributed by atoms with Crippen molar-refractivity contribution < 1.29 is 9.84 Å². The van der Waals surface area contributed by atoms with Gasteiger partial charge in [-0.2, -0.15) is 0 Å². The van der Waals surface area contributed by atoms with E-state index in [-0.39, 0.29) is 5.41 Å². The first kappa shape index (κ1) is 17.0. The Morgan fingerprint density at radius 1 is 1.15 bits per heavy atom. The van der Waals surface area contributed by atoms with Crippen LogP contribution in [0.1, 0.15) is 52.5 Å². The topological polar surface area (TPSA) is 55.5 Å². The van der Waals surface area contributed by atoms with Gasteiger partial charge in [-0.25, -0.2) is 0 Å². The van der Waals surface area contributed by atoms with Gasteiger partial charge < -0.3 is 15.6 Å². The maximum atomic E-state index is 10.1. The zero-order chi connectivity index (χ0) is 15.2. The molecule has 0 saturated heterocycles. The molecule has 0 amide bonds. The third kappa shape index (κ3) is 5.14. The summed E-state index contributed by atoms with van der Waals surface area (Å²) in [6, 6.07) is 8.24. The molecule has 0 fully saturated rings. The summed E-state index contributed by atoms with van der Waals surface area (Å²) in [4.78, 5) is 0.